The number of hydrogen-bond donors (Lipinski definition) is 1. The molecular weight excluding hydrogens is 238 g/mol. The molecule has 1 N–H and O–H groups in total. The lowest BCUT2D eigenvalue weighted by molar-refractivity contribution is 0.727. The van der Waals surface area contributed by atoms with Crippen LogP contribution in [0.3, 0.4) is 0 Å². The third-order valence-corrected chi connectivity index (χ3v) is 3.69. The van der Waals surface area contributed by atoms with Gasteiger partial charge in [-0.2, -0.15) is 0 Å². The quantitative estimate of drug-likeness (QED) is 0.860. The molecule has 1 aromatic carbocycles. The van der Waals surface area contributed by atoms with E-state index in [1.54, 1.807) is 11.3 Å². The summed E-state index contributed by atoms with van der Waals surface area (Å²) in [5, 5.41) is 6.20. The summed E-state index contributed by atoms with van der Waals surface area (Å²) in [5.74, 6) is 0. The zero-order chi connectivity index (χ0) is 11.4. The second kappa shape index (κ2) is 5.48. The summed E-state index contributed by atoms with van der Waals surface area (Å²) < 4.78 is 0. The first-order valence-corrected chi connectivity index (χ1v) is 6.60. The van der Waals surface area contributed by atoms with Gasteiger partial charge in [-0.1, -0.05) is 36.7 Å². The number of thiophene rings is 1. The van der Waals surface area contributed by atoms with Crippen LogP contribution in [-0.2, 0) is 6.54 Å². The van der Waals surface area contributed by atoms with Gasteiger partial charge in [0.15, 0.2) is 0 Å². The minimum atomic E-state index is 0.833. The normalized spacial score (nSPS) is 10.6. The summed E-state index contributed by atoms with van der Waals surface area (Å²) in [6, 6.07) is 10.4. The van der Waals surface area contributed by atoms with Crippen LogP contribution in [0.4, 0.5) is 0 Å². The maximum absolute atomic E-state index is 6.25. The minimum Gasteiger partial charge on any atom is -0.313 e. The number of nitrogens with one attached hydrogen (secondary N) is 1. The van der Waals surface area contributed by atoms with Gasteiger partial charge < -0.3 is 5.32 Å². The monoisotopic (exact) mass is 251 g/mol. The van der Waals surface area contributed by atoms with Gasteiger partial charge in [0.2, 0.25) is 0 Å². The molecule has 0 bridgehead atoms. The van der Waals surface area contributed by atoms with Crippen molar-refractivity contribution >= 4 is 22.9 Å². The zero-order valence-corrected chi connectivity index (χ0v) is 10.7. The van der Waals surface area contributed by atoms with Crippen molar-refractivity contribution in [3.8, 4) is 10.4 Å². The molecule has 16 heavy (non-hydrogen) atoms. The molecule has 0 saturated carbocycles. The fourth-order valence-electron chi connectivity index (χ4n) is 1.55. The van der Waals surface area contributed by atoms with Crippen molar-refractivity contribution in [1.82, 2.24) is 5.32 Å². The second-order valence-corrected chi connectivity index (χ2v) is 4.92. The molecule has 0 atom stereocenters. The topological polar surface area (TPSA) is 12.0 Å². The fraction of sp³-hybridized carbons (Fsp3) is 0.231. The molecule has 2 aromatic rings. The molecule has 0 aliphatic carbocycles. The van der Waals surface area contributed by atoms with Crippen molar-refractivity contribution in [2.75, 3.05) is 6.54 Å². The molecule has 0 radical (unpaired) electrons. The van der Waals surface area contributed by atoms with Crippen LogP contribution in [0.5, 0.6) is 0 Å². The van der Waals surface area contributed by atoms with Crippen molar-refractivity contribution in [3.63, 3.8) is 0 Å². The third-order valence-electron chi connectivity index (χ3n) is 2.42. The van der Waals surface area contributed by atoms with Gasteiger partial charge in [0, 0.05) is 16.4 Å². The van der Waals surface area contributed by atoms with Crippen molar-refractivity contribution in [2.24, 2.45) is 0 Å². The second-order valence-electron chi connectivity index (χ2n) is 3.56. The zero-order valence-electron chi connectivity index (χ0n) is 9.16. The van der Waals surface area contributed by atoms with E-state index in [4.69, 9.17) is 11.6 Å². The van der Waals surface area contributed by atoms with Crippen LogP contribution in [0.25, 0.3) is 10.4 Å². The molecule has 1 heterocycles. The lowest BCUT2D eigenvalue weighted by Crippen LogP contribution is -2.11. The van der Waals surface area contributed by atoms with E-state index in [0.717, 1.165) is 23.7 Å². The first-order chi connectivity index (χ1) is 7.81. The van der Waals surface area contributed by atoms with Gasteiger partial charge in [-0.25, -0.2) is 0 Å². The van der Waals surface area contributed by atoms with Crippen LogP contribution in [0.1, 0.15) is 12.5 Å². The Balaban J connectivity index is 2.23. The van der Waals surface area contributed by atoms with Gasteiger partial charge in [0.1, 0.15) is 0 Å². The summed E-state index contributed by atoms with van der Waals surface area (Å²) >= 11 is 7.98. The maximum Gasteiger partial charge on any atom is 0.0457 e. The van der Waals surface area contributed by atoms with Crippen molar-refractivity contribution in [2.45, 2.75) is 13.5 Å². The highest BCUT2D eigenvalue weighted by Crippen LogP contribution is 2.28. The van der Waals surface area contributed by atoms with E-state index in [1.165, 1.54) is 10.4 Å². The Morgan fingerprint density at radius 2 is 2.19 bits per heavy atom. The fourth-order valence-corrected chi connectivity index (χ4v) is 2.52. The van der Waals surface area contributed by atoms with E-state index in [9.17, 15) is 0 Å². The molecule has 0 spiro atoms. The smallest absolute Gasteiger partial charge is 0.0457 e. The number of benzene rings is 1. The molecule has 0 aliphatic heterocycles. The van der Waals surface area contributed by atoms with Crippen LogP contribution < -0.4 is 5.32 Å². The molecule has 84 valence electrons. The van der Waals surface area contributed by atoms with E-state index in [-0.39, 0.29) is 0 Å². The Kier molecular flexibility index (Phi) is 3.99. The summed E-state index contributed by atoms with van der Waals surface area (Å²) in [6.07, 6.45) is 0. The largest absolute Gasteiger partial charge is 0.313 e. The van der Waals surface area contributed by atoms with Crippen LogP contribution in [0.2, 0.25) is 5.02 Å². The average Bonchev–Trinajstić information content (AvgIpc) is 2.81. The SMILES string of the molecule is CCNCc1ccc(-c2cccs2)cc1Cl. The van der Waals surface area contributed by atoms with Gasteiger partial charge in [0.05, 0.1) is 0 Å². The highest BCUT2D eigenvalue weighted by Gasteiger charge is 2.03. The van der Waals surface area contributed by atoms with E-state index < -0.39 is 0 Å². The van der Waals surface area contributed by atoms with Crippen LogP contribution in [0.15, 0.2) is 35.7 Å². The molecule has 0 saturated heterocycles. The minimum absolute atomic E-state index is 0.833. The lowest BCUT2D eigenvalue weighted by atomic mass is 10.1. The van der Waals surface area contributed by atoms with Crippen LogP contribution in [-0.4, -0.2) is 6.54 Å². The Hall–Kier alpha value is -0.830. The molecular formula is C13H14ClNS. The molecule has 3 heteroatoms. The predicted molar refractivity (Wildman–Crippen MR) is 72.1 cm³/mol. The Bertz CT molecular complexity index is 451. The standard InChI is InChI=1S/C13H14ClNS/c1-2-15-9-11-6-5-10(8-12(11)14)13-4-3-7-16-13/h3-8,15H,2,9H2,1H3. The average molecular weight is 252 g/mol. The van der Waals surface area contributed by atoms with Crippen molar-refractivity contribution in [3.05, 3.63) is 46.3 Å². The van der Waals surface area contributed by atoms with E-state index in [0.29, 0.717) is 0 Å². The van der Waals surface area contributed by atoms with E-state index in [1.807, 2.05) is 6.07 Å². The van der Waals surface area contributed by atoms with Gasteiger partial charge in [0.25, 0.3) is 0 Å². The molecule has 0 amide bonds. The number of rotatable bonds is 4. The molecule has 1 nitrogen and oxygen atoms in total. The summed E-state index contributed by atoms with van der Waals surface area (Å²) in [6.45, 7) is 3.89. The van der Waals surface area contributed by atoms with E-state index >= 15 is 0 Å². The van der Waals surface area contributed by atoms with Crippen LogP contribution in [0, 0.1) is 0 Å². The Labute approximate surface area is 105 Å². The molecule has 0 aliphatic rings. The van der Waals surface area contributed by atoms with Gasteiger partial charge in [-0.05, 0) is 35.2 Å². The summed E-state index contributed by atoms with van der Waals surface area (Å²) in [7, 11) is 0. The predicted octanol–water partition coefficient (Wildman–Crippen LogP) is 4.18. The van der Waals surface area contributed by atoms with Crippen molar-refractivity contribution < 1.29 is 0 Å². The van der Waals surface area contributed by atoms with E-state index in [2.05, 4.69) is 41.9 Å². The molecule has 1 aromatic heterocycles. The molecule has 0 unspecified atom stereocenters. The first kappa shape index (κ1) is 11.6. The lowest BCUT2D eigenvalue weighted by Gasteiger charge is -2.06. The van der Waals surface area contributed by atoms with Gasteiger partial charge in [-0.3, -0.25) is 0 Å². The number of halogens is 1. The van der Waals surface area contributed by atoms with Gasteiger partial charge in [-0.15, -0.1) is 11.3 Å². The third kappa shape index (κ3) is 2.64. The molecule has 0 fully saturated rings. The Morgan fingerprint density at radius 1 is 1.31 bits per heavy atom. The summed E-state index contributed by atoms with van der Waals surface area (Å²) in [5.41, 5.74) is 2.35. The highest BCUT2D eigenvalue weighted by molar-refractivity contribution is 7.13. The number of hydrogen-bond acceptors (Lipinski definition) is 2. The Morgan fingerprint density at radius 3 is 2.81 bits per heavy atom. The highest BCUT2D eigenvalue weighted by atomic mass is 35.5. The molecule has 2 rings (SSSR count). The summed E-state index contributed by atoms with van der Waals surface area (Å²) in [4.78, 5) is 1.26. The maximum atomic E-state index is 6.25. The van der Waals surface area contributed by atoms with Crippen LogP contribution >= 0.6 is 22.9 Å². The first-order valence-electron chi connectivity index (χ1n) is 5.34. The van der Waals surface area contributed by atoms with Crippen molar-refractivity contribution in [1.29, 1.82) is 0 Å². The van der Waals surface area contributed by atoms with Gasteiger partial charge >= 0.3 is 0 Å².